The van der Waals surface area contributed by atoms with Crippen molar-refractivity contribution in [1.82, 2.24) is 0 Å². The van der Waals surface area contributed by atoms with E-state index < -0.39 is 0 Å². The van der Waals surface area contributed by atoms with Crippen molar-refractivity contribution >= 4 is 11.8 Å². The van der Waals surface area contributed by atoms with E-state index in [1.807, 2.05) is 0 Å². The molecule has 0 amide bonds. The van der Waals surface area contributed by atoms with Gasteiger partial charge < -0.3 is 29.2 Å². The first-order valence-corrected chi connectivity index (χ1v) is 7.16. The van der Waals surface area contributed by atoms with Crippen molar-refractivity contribution in [3.8, 4) is 11.5 Å². The van der Waals surface area contributed by atoms with E-state index in [1.54, 1.807) is 18.2 Å². The van der Waals surface area contributed by atoms with Crippen molar-refractivity contribution in [2.75, 3.05) is 52.9 Å². The third-order valence-corrected chi connectivity index (χ3v) is 2.50. The second-order valence-electron chi connectivity index (χ2n) is 4.23. The maximum absolute atomic E-state index is 10.4. The highest BCUT2D eigenvalue weighted by Crippen LogP contribution is 2.27. The molecule has 128 valence electrons. The van der Waals surface area contributed by atoms with Gasteiger partial charge in [-0.25, -0.2) is 4.79 Å². The maximum atomic E-state index is 10.4. The molecule has 8 heteroatoms. The zero-order chi connectivity index (χ0) is 16.8. The number of aliphatic hydroxyl groups excluding tert-OH is 2. The number of nitrogens with zero attached hydrogens (tertiary/aromatic N) is 1. The van der Waals surface area contributed by atoms with Crippen LogP contribution in [0.15, 0.2) is 23.2 Å². The summed E-state index contributed by atoms with van der Waals surface area (Å²) in [6.45, 7) is 1.64. The topological polar surface area (TPSA) is 107 Å². The summed E-state index contributed by atoms with van der Waals surface area (Å²) < 4.78 is 21.1. The molecular weight excluding hydrogens is 306 g/mol. The highest BCUT2D eigenvalue weighted by molar-refractivity contribution is 5.55. The summed E-state index contributed by atoms with van der Waals surface area (Å²) in [5, 5.41) is 17.2. The van der Waals surface area contributed by atoms with Crippen LogP contribution in [0.5, 0.6) is 11.5 Å². The fourth-order valence-corrected chi connectivity index (χ4v) is 1.61. The van der Waals surface area contributed by atoms with Gasteiger partial charge in [-0.3, -0.25) is 0 Å². The Morgan fingerprint density at radius 1 is 0.826 bits per heavy atom. The van der Waals surface area contributed by atoms with Gasteiger partial charge in [-0.1, -0.05) is 0 Å². The Hall–Kier alpha value is -1.96. The maximum Gasteiger partial charge on any atom is 0.240 e. The van der Waals surface area contributed by atoms with Crippen LogP contribution in [0.4, 0.5) is 5.69 Å². The largest absolute Gasteiger partial charge is 0.491 e. The number of benzene rings is 1. The second-order valence-corrected chi connectivity index (χ2v) is 4.23. The molecule has 0 heterocycles. The molecule has 0 fully saturated rings. The van der Waals surface area contributed by atoms with Crippen LogP contribution < -0.4 is 9.47 Å². The highest BCUT2D eigenvalue weighted by atomic mass is 16.5. The van der Waals surface area contributed by atoms with Crippen molar-refractivity contribution in [3.05, 3.63) is 18.2 Å². The summed E-state index contributed by atoms with van der Waals surface area (Å²) in [5.74, 6) is 0.945. The Morgan fingerprint density at radius 3 is 1.78 bits per heavy atom. The average Bonchev–Trinajstić information content (AvgIpc) is 2.55. The average molecular weight is 327 g/mol. The zero-order valence-corrected chi connectivity index (χ0v) is 12.8. The Balaban J connectivity index is 2.53. The second kappa shape index (κ2) is 12.6. The number of hydrogen-bond acceptors (Lipinski definition) is 8. The number of ether oxygens (including phenoxy) is 4. The number of hydrogen-bond donors (Lipinski definition) is 2. The quantitative estimate of drug-likeness (QED) is 0.307. The predicted octanol–water partition coefficient (Wildman–Crippen LogP) is 0.429. The van der Waals surface area contributed by atoms with E-state index in [9.17, 15) is 4.79 Å². The summed E-state index contributed by atoms with van der Waals surface area (Å²) in [4.78, 5) is 13.9. The van der Waals surface area contributed by atoms with Gasteiger partial charge >= 0.3 is 0 Å². The Kier molecular flexibility index (Phi) is 10.4. The minimum absolute atomic E-state index is 0.0418. The lowest BCUT2D eigenvalue weighted by molar-refractivity contribution is 0.0689. The third-order valence-electron chi connectivity index (χ3n) is 2.50. The van der Waals surface area contributed by atoms with Gasteiger partial charge in [-0.15, -0.1) is 0 Å². The number of rotatable bonds is 13. The van der Waals surface area contributed by atoms with Gasteiger partial charge in [-0.05, 0) is 0 Å². The molecule has 0 aliphatic carbocycles. The van der Waals surface area contributed by atoms with Gasteiger partial charge in [0.2, 0.25) is 6.08 Å². The SMILES string of the molecule is O=C=Nc1cc(OCCOCCO)cc(OCCOCCO)c1. The van der Waals surface area contributed by atoms with Gasteiger partial charge in [0.1, 0.15) is 24.7 Å². The van der Waals surface area contributed by atoms with E-state index in [0.29, 0.717) is 30.4 Å². The fraction of sp³-hybridized carbons (Fsp3) is 0.533. The van der Waals surface area contributed by atoms with Crippen LogP contribution in [0, 0.1) is 0 Å². The third kappa shape index (κ3) is 8.92. The lowest BCUT2D eigenvalue weighted by atomic mass is 10.3. The first kappa shape index (κ1) is 19.1. The van der Waals surface area contributed by atoms with Crippen LogP contribution in [0.2, 0.25) is 0 Å². The van der Waals surface area contributed by atoms with E-state index in [-0.39, 0.29) is 39.6 Å². The van der Waals surface area contributed by atoms with Gasteiger partial charge in [-0.2, -0.15) is 4.99 Å². The van der Waals surface area contributed by atoms with E-state index in [4.69, 9.17) is 29.2 Å². The van der Waals surface area contributed by atoms with Crippen LogP contribution >= 0.6 is 0 Å². The van der Waals surface area contributed by atoms with E-state index in [2.05, 4.69) is 4.99 Å². The zero-order valence-electron chi connectivity index (χ0n) is 12.8. The molecule has 0 saturated carbocycles. The first-order chi connectivity index (χ1) is 11.3. The minimum atomic E-state index is -0.0418. The van der Waals surface area contributed by atoms with Crippen molar-refractivity contribution in [2.45, 2.75) is 0 Å². The molecule has 1 aromatic rings. The van der Waals surface area contributed by atoms with Gasteiger partial charge in [0.05, 0.1) is 45.3 Å². The predicted molar refractivity (Wildman–Crippen MR) is 81.0 cm³/mol. The van der Waals surface area contributed by atoms with E-state index >= 15 is 0 Å². The molecular formula is C15H21NO7. The molecule has 23 heavy (non-hydrogen) atoms. The summed E-state index contributed by atoms with van der Waals surface area (Å²) >= 11 is 0. The van der Waals surface area contributed by atoms with E-state index in [0.717, 1.165) is 0 Å². The minimum Gasteiger partial charge on any atom is -0.491 e. The van der Waals surface area contributed by atoms with Crippen LogP contribution in [0.25, 0.3) is 0 Å². The number of aliphatic hydroxyl groups is 2. The van der Waals surface area contributed by atoms with Crippen molar-refractivity contribution in [2.24, 2.45) is 4.99 Å². The number of isocyanates is 1. The van der Waals surface area contributed by atoms with Crippen LogP contribution in [0.1, 0.15) is 0 Å². The molecule has 8 nitrogen and oxygen atoms in total. The summed E-state index contributed by atoms with van der Waals surface area (Å²) in [6.07, 6.45) is 1.47. The lowest BCUT2D eigenvalue weighted by Crippen LogP contribution is -2.10. The molecule has 0 aliphatic rings. The monoisotopic (exact) mass is 327 g/mol. The molecule has 1 rings (SSSR count). The standard InChI is InChI=1S/C15H21NO7/c17-1-3-20-5-7-22-14-9-13(16-12-19)10-15(11-14)23-8-6-21-4-2-18/h9-11,17-18H,1-8H2. The van der Waals surface area contributed by atoms with Gasteiger partial charge in [0.25, 0.3) is 0 Å². The Bertz CT molecular complexity index is 456. The van der Waals surface area contributed by atoms with Crippen molar-refractivity contribution < 1.29 is 34.0 Å². The van der Waals surface area contributed by atoms with Gasteiger partial charge in [0.15, 0.2) is 0 Å². The molecule has 0 spiro atoms. The molecule has 0 radical (unpaired) electrons. The lowest BCUT2D eigenvalue weighted by Gasteiger charge is -2.11. The summed E-state index contributed by atoms with van der Waals surface area (Å²) in [6, 6.07) is 4.81. The molecule has 0 saturated heterocycles. The smallest absolute Gasteiger partial charge is 0.240 e. The van der Waals surface area contributed by atoms with E-state index in [1.165, 1.54) is 6.08 Å². The Morgan fingerprint density at radius 2 is 1.35 bits per heavy atom. The molecule has 0 bridgehead atoms. The molecule has 0 aromatic heterocycles. The fourth-order valence-electron chi connectivity index (χ4n) is 1.61. The normalized spacial score (nSPS) is 10.2. The highest BCUT2D eigenvalue weighted by Gasteiger charge is 2.04. The molecule has 0 aliphatic heterocycles. The first-order valence-electron chi connectivity index (χ1n) is 7.16. The van der Waals surface area contributed by atoms with Gasteiger partial charge in [0, 0.05) is 18.2 Å². The number of aliphatic imine (C=N–C) groups is 1. The molecule has 2 N–H and O–H groups in total. The van der Waals surface area contributed by atoms with Crippen LogP contribution in [0.3, 0.4) is 0 Å². The van der Waals surface area contributed by atoms with Crippen molar-refractivity contribution in [1.29, 1.82) is 0 Å². The van der Waals surface area contributed by atoms with Crippen LogP contribution in [-0.2, 0) is 14.3 Å². The van der Waals surface area contributed by atoms with Crippen molar-refractivity contribution in [3.63, 3.8) is 0 Å². The Labute approximate surface area is 134 Å². The van der Waals surface area contributed by atoms with Crippen LogP contribution in [-0.4, -0.2) is 69.1 Å². The molecule has 1 aromatic carbocycles. The molecule has 0 unspecified atom stereocenters. The summed E-state index contributed by atoms with van der Waals surface area (Å²) in [7, 11) is 0. The molecule has 0 atom stereocenters. The summed E-state index contributed by atoms with van der Waals surface area (Å²) in [5.41, 5.74) is 0.361. The number of carbonyl (C=O) groups excluding carboxylic acids is 1.